The van der Waals surface area contributed by atoms with E-state index in [1.54, 1.807) is 0 Å². The Morgan fingerprint density at radius 3 is 1.90 bits per heavy atom. The molecular formula is C19H31NO. The van der Waals surface area contributed by atoms with Crippen molar-refractivity contribution >= 4 is 5.78 Å². The third kappa shape index (κ3) is 5.28. The molecular weight excluding hydrogens is 258 g/mol. The number of nitrogens with zero attached hydrogens (tertiary/aromatic N) is 1. The van der Waals surface area contributed by atoms with Gasteiger partial charge in [-0.05, 0) is 39.3 Å². The van der Waals surface area contributed by atoms with Crippen molar-refractivity contribution in [2.45, 2.75) is 67.0 Å². The van der Waals surface area contributed by atoms with Gasteiger partial charge in [-0.2, -0.15) is 0 Å². The van der Waals surface area contributed by atoms with Crippen LogP contribution < -0.4 is 0 Å². The van der Waals surface area contributed by atoms with Gasteiger partial charge in [-0.15, -0.1) is 0 Å². The van der Waals surface area contributed by atoms with Crippen LogP contribution in [0.1, 0.15) is 70.8 Å². The van der Waals surface area contributed by atoms with Gasteiger partial charge in [0.05, 0.1) is 0 Å². The zero-order valence-corrected chi connectivity index (χ0v) is 14.8. The second kappa shape index (κ2) is 6.74. The van der Waals surface area contributed by atoms with Crippen molar-refractivity contribution in [3.05, 3.63) is 35.4 Å². The Labute approximate surface area is 130 Å². The van der Waals surface area contributed by atoms with Crippen molar-refractivity contribution in [3.63, 3.8) is 0 Å². The molecule has 0 aliphatic rings. The lowest BCUT2D eigenvalue weighted by Crippen LogP contribution is -2.41. The minimum atomic E-state index is -0.318. The minimum absolute atomic E-state index is 0.163. The summed E-state index contributed by atoms with van der Waals surface area (Å²) in [5.41, 5.74) is 1.92. The number of ketones is 1. The molecule has 1 rings (SSSR count). The third-order valence-electron chi connectivity index (χ3n) is 3.71. The molecule has 1 aromatic rings. The van der Waals surface area contributed by atoms with E-state index < -0.39 is 0 Å². The lowest BCUT2D eigenvalue weighted by Gasteiger charge is -2.35. The van der Waals surface area contributed by atoms with Gasteiger partial charge in [-0.3, -0.25) is 9.69 Å². The summed E-state index contributed by atoms with van der Waals surface area (Å²) in [5, 5.41) is 0. The zero-order chi connectivity index (χ0) is 16.3. The molecule has 0 aromatic heterocycles. The van der Waals surface area contributed by atoms with Crippen LogP contribution in [0.15, 0.2) is 24.3 Å². The van der Waals surface area contributed by atoms with Crippen molar-refractivity contribution in [2.24, 2.45) is 5.41 Å². The summed E-state index contributed by atoms with van der Waals surface area (Å²) in [6.07, 6.45) is 1.15. The van der Waals surface area contributed by atoms with E-state index in [2.05, 4.69) is 44.7 Å². The van der Waals surface area contributed by atoms with Crippen molar-refractivity contribution in [1.29, 1.82) is 0 Å². The van der Waals surface area contributed by atoms with Gasteiger partial charge in [-0.1, -0.05) is 52.0 Å². The SMILES string of the molecule is CCCN(Cc1ccc(C(=O)C(C)(C)C)cc1)C(C)(C)C. The van der Waals surface area contributed by atoms with Crippen LogP contribution in [-0.2, 0) is 6.54 Å². The second-order valence-corrected chi connectivity index (χ2v) is 7.87. The van der Waals surface area contributed by atoms with Gasteiger partial charge in [0.25, 0.3) is 0 Å². The van der Waals surface area contributed by atoms with Crippen LogP contribution in [0.4, 0.5) is 0 Å². The molecule has 0 aliphatic heterocycles. The Hall–Kier alpha value is -1.15. The van der Waals surface area contributed by atoms with Crippen LogP contribution in [0, 0.1) is 5.41 Å². The summed E-state index contributed by atoms with van der Waals surface area (Å²) < 4.78 is 0. The number of rotatable bonds is 5. The fourth-order valence-electron chi connectivity index (χ4n) is 2.34. The molecule has 0 saturated heterocycles. The Balaban J connectivity index is 2.85. The molecule has 0 fully saturated rings. The Bertz CT molecular complexity index is 460. The maximum atomic E-state index is 12.3. The fraction of sp³-hybridized carbons (Fsp3) is 0.632. The third-order valence-corrected chi connectivity index (χ3v) is 3.71. The molecule has 0 radical (unpaired) electrons. The van der Waals surface area contributed by atoms with Gasteiger partial charge in [0.2, 0.25) is 0 Å². The quantitative estimate of drug-likeness (QED) is 0.717. The highest BCUT2D eigenvalue weighted by atomic mass is 16.1. The van der Waals surface area contributed by atoms with Gasteiger partial charge in [0.1, 0.15) is 0 Å². The fourth-order valence-corrected chi connectivity index (χ4v) is 2.34. The topological polar surface area (TPSA) is 20.3 Å². The summed E-state index contributed by atoms with van der Waals surface area (Å²) >= 11 is 0. The Morgan fingerprint density at radius 1 is 1.00 bits per heavy atom. The second-order valence-electron chi connectivity index (χ2n) is 7.87. The number of carbonyl (C=O) groups excluding carboxylic acids is 1. The molecule has 2 nitrogen and oxygen atoms in total. The van der Waals surface area contributed by atoms with E-state index >= 15 is 0 Å². The molecule has 1 aromatic carbocycles. The molecule has 118 valence electrons. The lowest BCUT2D eigenvalue weighted by atomic mass is 9.86. The molecule has 0 saturated carbocycles. The number of hydrogen-bond donors (Lipinski definition) is 0. The van der Waals surface area contributed by atoms with Crippen molar-refractivity contribution in [1.82, 2.24) is 4.90 Å². The summed E-state index contributed by atoms with van der Waals surface area (Å²) in [6.45, 7) is 16.9. The zero-order valence-electron chi connectivity index (χ0n) is 14.8. The maximum Gasteiger partial charge on any atom is 0.168 e. The largest absolute Gasteiger partial charge is 0.294 e. The van der Waals surface area contributed by atoms with E-state index in [1.807, 2.05) is 32.9 Å². The van der Waals surface area contributed by atoms with Crippen LogP contribution >= 0.6 is 0 Å². The number of benzene rings is 1. The van der Waals surface area contributed by atoms with Gasteiger partial charge >= 0.3 is 0 Å². The van der Waals surface area contributed by atoms with E-state index in [0.29, 0.717) is 0 Å². The van der Waals surface area contributed by atoms with E-state index in [0.717, 1.165) is 25.1 Å². The summed E-state index contributed by atoms with van der Waals surface area (Å²) in [5.74, 6) is 0.204. The van der Waals surface area contributed by atoms with E-state index in [9.17, 15) is 4.79 Å². The van der Waals surface area contributed by atoms with Crippen molar-refractivity contribution in [3.8, 4) is 0 Å². The smallest absolute Gasteiger partial charge is 0.168 e. The number of Topliss-reactive ketones (excluding diaryl/α,β-unsaturated/α-hetero) is 1. The van der Waals surface area contributed by atoms with Crippen molar-refractivity contribution < 1.29 is 4.79 Å². The first-order valence-electron chi connectivity index (χ1n) is 7.94. The Kier molecular flexibility index (Phi) is 5.75. The summed E-state index contributed by atoms with van der Waals surface area (Å²) in [6, 6.07) is 8.12. The first-order chi connectivity index (χ1) is 9.55. The van der Waals surface area contributed by atoms with Gasteiger partial charge in [0, 0.05) is 23.1 Å². The molecule has 0 N–H and O–H groups in total. The molecule has 0 spiro atoms. The van der Waals surface area contributed by atoms with E-state index in [-0.39, 0.29) is 16.7 Å². The van der Waals surface area contributed by atoms with E-state index in [1.165, 1.54) is 5.56 Å². The van der Waals surface area contributed by atoms with Crippen LogP contribution in [0.25, 0.3) is 0 Å². The maximum absolute atomic E-state index is 12.3. The predicted octanol–water partition coefficient (Wildman–Crippen LogP) is 4.93. The van der Waals surface area contributed by atoms with Gasteiger partial charge in [0.15, 0.2) is 5.78 Å². The molecule has 2 heteroatoms. The summed E-state index contributed by atoms with van der Waals surface area (Å²) in [7, 11) is 0. The highest BCUT2D eigenvalue weighted by Crippen LogP contribution is 2.22. The van der Waals surface area contributed by atoms with Gasteiger partial charge < -0.3 is 0 Å². The molecule has 0 unspecified atom stereocenters. The normalized spacial score (nSPS) is 12.8. The highest BCUT2D eigenvalue weighted by Gasteiger charge is 2.23. The molecule has 0 atom stereocenters. The monoisotopic (exact) mass is 289 g/mol. The highest BCUT2D eigenvalue weighted by molar-refractivity contribution is 5.99. The van der Waals surface area contributed by atoms with Gasteiger partial charge in [-0.25, -0.2) is 0 Å². The first kappa shape index (κ1) is 17.9. The standard InChI is InChI=1S/C19H31NO/c1-8-13-20(19(5,6)7)14-15-9-11-16(12-10-15)17(21)18(2,3)4/h9-12H,8,13-14H2,1-7H3. The predicted molar refractivity (Wildman–Crippen MR) is 90.7 cm³/mol. The lowest BCUT2D eigenvalue weighted by molar-refractivity contribution is 0.0858. The minimum Gasteiger partial charge on any atom is -0.294 e. The molecule has 0 heterocycles. The summed E-state index contributed by atoms with van der Waals surface area (Å²) in [4.78, 5) is 14.7. The van der Waals surface area contributed by atoms with E-state index in [4.69, 9.17) is 0 Å². The molecule has 0 bridgehead atoms. The van der Waals surface area contributed by atoms with Crippen LogP contribution in [-0.4, -0.2) is 22.8 Å². The number of hydrogen-bond acceptors (Lipinski definition) is 2. The number of carbonyl (C=O) groups is 1. The van der Waals surface area contributed by atoms with Crippen molar-refractivity contribution in [2.75, 3.05) is 6.54 Å². The Morgan fingerprint density at radius 2 is 1.52 bits per heavy atom. The average molecular weight is 289 g/mol. The van der Waals surface area contributed by atoms with Crippen LogP contribution in [0.3, 0.4) is 0 Å². The molecule has 21 heavy (non-hydrogen) atoms. The molecule has 0 aliphatic carbocycles. The van der Waals surface area contributed by atoms with Crippen LogP contribution in [0.2, 0.25) is 0 Å². The average Bonchev–Trinajstić information content (AvgIpc) is 2.36. The molecule has 0 amide bonds. The van der Waals surface area contributed by atoms with Crippen LogP contribution in [0.5, 0.6) is 0 Å². The first-order valence-corrected chi connectivity index (χ1v) is 7.94.